The van der Waals surface area contributed by atoms with Crippen LogP contribution in [0.5, 0.6) is 0 Å². The summed E-state index contributed by atoms with van der Waals surface area (Å²) in [5, 5.41) is 9.42. The molecular formula is C19H23N3O3. The first-order chi connectivity index (χ1) is 12.0. The van der Waals surface area contributed by atoms with E-state index in [0.29, 0.717) is 25.1 Å². The topological polar surface area (TPSA) is 75.4 Å². The third-order valence-corrected chi connectivity index (χ3v) is 4.90. The van der Waals surface area contributed by atoms with Crippen LogP contribution in [0.15, 0.2) is 30.5 Å². The molecule has 132 valence electrons. The largest absolute Gasteiger partial charge is 0.480 e. The maximum Gasteiger partial charge on any atom is 0.326 e. The minimum absolute atomic E-state index is 0.188. The number of carboxylic acid groups (broad SMARTS) is 1. The molecule has 1 unspecified atom stereocenters. The molecule has 2 aromatic heterocycles. The number of pyridine rings is 1. The Hall–Kier alpha value is -2.63. The van der Waals surface area contributed by atoms with E-state index in [1.165, 1.54) is 4.90 Å². The van der Waals surface area contributed by atoms with Crippen LogP contribution in [0.25, 0.3) is 0 Å². The number of likely N-dealkylation sites (tertiary alicyclic amines) is 1. The standard InChI is InChI=1S/C19H23N3O3/c1-13-11-16(14(2)22(13)12-15-7-3-5-9-20-15)18(23)21-10-6-4-8-17(21)19(24)25/h3,5,7,9,11,17H,4,6,8,10,12H2,1-2H3,(H,24,25). The zero-order chi connectivity index (χ0) is 18.0. The van der Waals surface area contributed by atoms with Gasteiger partial charge in [-0.25, -0.2) is 4.79 Å². The second kappa shape index (κ2) is 7.09. The second-order valence-corrected chi connectivity index (χ2v) is 6.54. The van der Waals surface area contributed by atoms with E-state index in [4.69, 9.17) is 0 Å². The van der Waals surface area contributed by atoms with Crippen molar-refractivity contribution in [3.05, 3.63) is 53.1 Å². The summed E-state index contributed by atoms with van der Waals surface area (Å²) >= 11 is 0. The van der Waals surface area contributed by atoms with E-state index < -0.39 is 12.0 Å². The van der Waals surface area contributed by atoms with Crippen LogP contribution in [-0.2, 0) is 11.3 Å². The SMILES string of the molecule is Cc1cc(C(=O)N2CCCCC2C(=O)O)c(C)n1Cc1ccccn1. The van der Waals surface area contributed by atoms with Crippen molar-refractivity contribution in [3.63, 3.8) is 0 Å². The average molecular weight is 341 g/mol. The van der Waals surface area contributed by atoms with Crippen molar-refractivity contribution in [2.24, 2.45) is 0 Å². The molecule has 1 aliphatic heterocycles. The lowest BCUT2D eigenvalue weighted by molar-refractivity contribution is -0.143. The van der Waals surface area contributed by atoms with Gasteiger partial charge in [-0.15, -0.1) is 0 Å². The molecule has 6 heteroatoms. The van der Waals surface area contributed by atoms with Crippen molar-refractivity contribution in [1.29, 1.82) is 0 Å². The molecule has 1 N–H and O–H groups in total. The van der Waals surface area contributed by atoms with Gasteiger partial charge in [0.05, 0.1) is 17.8 Å². The van der Waals surface area contributed by atoms with Crippen LogP contribution in [0, 0.1) is 13.8 Å². The Bertz CT molecular complexity index is 783. The summed E-state index contributed by atoms with van der Waals surface area (Å²) < 4.78 is 2.05. The molecule has 0 aliphatic carbocycles. The number of amides is 1. The summed E-state index contributed by atoms with van der Waals surface area (Å²) in [6.07, 6.45) is 3.97. The van der Waals surface area contributed by atoms with Gasteiger partial charge in [-0.1, -0.05) is 6.07 Å². The van der Waals surface area contributed by atoms with Gasteiger partial charge in [-0.2, -0.15) is 0 Å². The molecule has 2 aromatic rings. The first-order valence-electron chi connectivity index (χ1n) is 8.59. The quantitative estimate of drug-likeness (QED) is 0.927. The molecular weight excluding hydrogens is 318 g/mol. The van der Waals surface area contributed by atoms with E-state index >= 15 is 0 Å². The van der Waals surface area contributed by atoms with Gasteiger partial charge >= 0.3 is 5.97 Å². The summed E-state index contributed by atoms with van der Waals surface area (Å²) in [5.41, 5.74) is 3.32. The molecule has 3 rings (SSSR count). The molecule has 0 aromatic carbocycles. The molecule has 3 heterocycles. The number of carbonyl (C=O) groups is 2. The summed E-state index contributed by atoms with van der Waals surface area (Å²) in [5.74, 6) is -1.11. The molecule has 0 radical (unpaired) electrons. The normalized spacial score (nSPS) is 17.5. The third kappa shape index (κ3) is 3.43. The highest BCUT2D eigenvalue weighted by Crippen LogP contribution is 2.24. The number of carbonyl (C=O) groups excluding carboxylic acids is 1. The lowest BCUT2D eigenvalue weighted by atomic mass is 10.0. The molecule has 1 aliphatic rings. The van der Waals surface area contributed by atoms with Gasteiger partial charge in [0.1, 0.15) is 6.04 Å². The van der Waals surface area contributed by atoms with Crippen molar-refractivity contribution in [2.45, 2.75) is 45.7 Å². The molecule has 25 heavy (non-hydrogen) atoms. The fourth-order valence-electron chi connectivity index (χ4n) is 3.50. The van der Waals surface area contributed by atoms with Gasteiger partial charge in [0, 0.05) is 24.1 Å². The minimum Gasteiger partial charge on any atom is -0.480 e. The Morgan fingerprint density at radius 3 is 2.76 bits per heavy atom. The molecule has 0 spiro atoms. The Morgan fingerprint density at radius 2 is 2.08 bits per heavy atom. The summed E-state index contributed by atoms with van der Waals surface area (Å²) in [6, 6.07) is 6.89. The van der Waals surface area contributed by atoms with Crippen molar-refractivity contribution in [2.75, 3.05) is 6.54 Å². The van der Waals surface area contributed by atoms with Crippen LogP contribution in [0.2, 0.25) is 0 Å². The summed E-state index contributed by atoms with van der Waals surface area (Å²) in [6.45, 7) is 4.95. The van der Waals surface area contributed by atoms with E-state index in [1.807, 2.05) is 38.1 Å². The molecule has 6 nitrogen and oxygen atoms in total. The fraction of sp³-hybridized carbons (Fsp3) is 0.421. The number of aryl methyl sites for hydroxylation is 1. The maximum atomic E-state index is 13.0. The van der Waals surface area contributed by atoms with Crippen LogP contribution in [-0.4, -0.2) is 44.0 Å². The number of rotatable bonds is 4. The van der Waals surface area contributed by atoms with Gasteiger partial charge in [0.15, 0.2) is 0 Å². The fourth-order valence-corrected chi connectivity index (χ4v) is 3.50. The number of hydrogen-bond acceptors (Lipinski definition) is 3. The Balaban J connectivity index is 1.88. The van der Waals surface area contributed by atoms with Gasteiger partial charge in [-0.05, 0) is 51.3 Å². The summed E-state index contributed by atoms with van der Waals surface area (Å²) in [4.78, 5) is 30.3. The van der Waals surface area contributed by atoms with E-state index in [2.05, 4.69) is 9.55 Å². The van der Waals surface area contributed by atoms with E-state index in [1.54, 1.807) is 6.20 Å². The Kier molecular flexibility index (Phi) is 4.88. The van der Waals surface area contributed by atoms with Crippen molar-refractivity contribution < 1.29 is 14.7 Å². The number of aliphatic carboxylic acids is 1. The molecule has 1 amide bonds. The third-order valence-electron chi connectivity index (χ3n) is 4.90. The number of nitrogens with zero attached hydrogens (tertiary/aromatic N) is 3. The number of hydrogen-bond donors (Lipinski definition) is 1. The van der Waals surface area contributed by atoms with Crippen LogP contribution in [0.1, 0.15) is 46.7 Å². The number of piperidine rings is 1. The highest BCUT2D eigenvalue weighted by atomic mass is 16.4. The molecule has 1 fully saturated rings. The van der Waals surface area contributed by atoms with Crippen LogP contribution in [0.3, 0.4) is 0 Å². The monoisotopic (exact) mass is 341 g/mol. The van der Waals surface area contributed by atoms with E-state index in [-0.39, 0.29) is 5.91 Å². The molecule has 1 saturated heterocycles. The van der Waals surface area contributed by atoms with Crippen LogP contribution in [0.4, 0.5) is 0 Å². The number of aromatic nitrogens is 2. The summed E-state index contributed by atoms with van der Waals surface area (Å²) in [7, 11) is 0. The minimum atomic E-state index is -0.921. The van der Waals surface area contributed by atoms with Crippen molar-refractivity contribution in [1.82, 2.24) is 14.5 Å². The highest BCUT2D eigenvalue weighted by Gasteiger charge is 2.33. The van der Waals surface area contributed by atoms with Gasteiger partial charge < -0.3 is 14.6 Å². The predicted octanol–water partition coefficient (Wildman–Crippen LogP) is 2.63. The first-order valence-corrected chi connectivity index (χ1v) is 8.59. The van der Waals surface area contributed by atoms with E-state index in [0.717, 1.165) is 29.9 Å². The van der Waals surface area contributed by atoms with Gasteiger partial charge in [0.25, 0.3) is 5.91 Å². The molecule has 0 saturated carbocycles. The second-order valence-electron chi connectivity index (χ2n) is 6.54. The van der Waals surface area contributed by atoms with E-state index in [9.17, 15) is 14.7 Å². The Labute approximate surface area is 147 Å². The molecule has 0 bridgehead atoms. The van der Waals surface area contributed by atoms with Crippen LogP contribution < -0.4 is 0 Å². The lowest BCUT2D eigenvalue weighted by Crippen LogP contribution is -2.48. The average Bonchev–Trinajstić information content (AvgIpc) is 2.90. The zero-order valence-electron chi connectivity index (χ0n) is 14.6. The number of carboxylic acids is 1. The predicted molar refractivity (Wildman–Crippen MR) is 93.6 cm³/mol. The van der Waals surface area contributed by atoms with Gasteiger partial charge in [0.2, 0.25) is 0 Å². The Morgan fingerprint density at radius 1 is 1.28 bits per heavy atom. The van der Waals surface area contributed by atoms with Crippen molar-refractivity contribution >= 4 is 11.9 Å². The maximum absolute atomic E-state index is 13.0. The van der Waals surface area contributed by atoms with Crippen molar-refractivity contribution in [3.8, 4) is 0 Å². The lowest BCUT2D eigenvalue weighted by Gasteiger charge is -2.33. The van der Waals surface area contributed by atoms with Gasteiger partial charge in [-0.3, -0.25) is 9.78 Å². The first kappa shape index (κ1) is 17.2. The zero-order valence-corrected chi connectivity index (χ0v) is 14.6. The van der Waals surface area contributed by atoms with Crippen LogP contribution >= 0.6 is 0 Å². The highest BCUT2D eigenvalue weighted by molar-refractivity contribution is 5.98. The molecule has 1 atom stereocenters. The smallest absolute Gasteiger partial charge is 0.326 e.